The second-order valence-electron chi connectivity index (χ2n) is 8.38. The molecule has 0 atom stereocenters. The van der Waals surface area contributed by atoms with Crippen LogP contribution in [0.25, 0.3) is 11.0 Å². The molecular weight excluding hydrogens is 428 g/mol. The molecule has 2 heterocycles. The van der Waals surface area contributed by atoms with Crippen molar-refractivity contribution >= 4 is 34.2 Å². The van der Waals surface area contributed by atoms with Crippen molar-refractivity contribution < 1.29 is 4.74 Å². The van der Waals surface area contributed by atoms with E-state index in [1.54, 1.807) is 0 Å². The van der Waals surface area contributed by atoms with Crippen LogP contribution in [-0.2, 0) is 6.54 Å². The van der Waals surface area contributed by atoms with E-state index in [0.717, 1.165) is 45.9 Å². The summed E-state index contributed by atoms with van der Waals surface area (Å²) in [4.78, 5) is 7.26. The molecule has 0 spiro atoms. The summed E-state index contributed by atoms with van der Waals surface area (Å²) in [5.74, 6) is 3.77. The van der Waals surface area contributed by atoms with E-state index in [-0.39, 0.29) is 6.61 Å². The molecule has 0 saturated carbocycles. The van der Waals surface area contributed by atoms with Gasteiger partial charge in [-0.25, -0.2) is 0 Å². The van der Waals surface area contributed by atoms with Crippen LogP contribution in [0.5, 0.6) is 5.75 Å². The zero-order valence-corrected chi connectivity index (χ0v) is 19.5. The van der Waals surface area contributed by atoms with E-state index in [1.807, 2.05) is 18.2 Å². The molecule has 4 aromatic rings. The largest absolute Gasteiger partial charge is 0.481 e. The van der Waals surface area contributed by atoms with Crippen molar-refractivity contribution in [3.63, 3.8) is 0 Å². The van der Waals surface area contributed by atoms with Crippen molar-refractivity contribution in [3.8, 4) is 18.1 Å². The second kappa shape index (κ2) is 9.05. The third-order valence-electron chi connectivity index (χ3n) is 5.83. The van der Waals surface area contributed by atoms with Gasteiger partial charge in [0.15, 0.2) is 0 Å². The molecule has 3 aromatic carbocycles. The second-order valence-corrected chi connectivity index (χ2v) is 8.91. The highest BCUT2D eigenvalue weighted by molar-refractivity contribution is 7.00. The minimum absolute atomic E-state index is 0.236. The van der Waals surface area contributed by atoms with Gasteiger partial charge in [-0.05, 0) is 47.4 Å². The number of aliphatic imine (C=N–C) groups is 1. The zero-order chi connectivity index (χ0) is 22.8. The predicted octanol–water partition coefficient (Wildman–Crippen LogP) is 5.64. The summed E-state index contributed by atoms with van der Waals surface area (Å²) in [5.41, 5.74) is 8.60. The molecule has 0 saturated heterocycles. The van der Waals surface area contributed by atoms with Gasteiger partial charge < -0.3 is 9.64 Å². The lowest BCUT2D eigenvalue weighted by Crippen LogP contribution is -2.29. The summed E-state index contributed by atoms with van der Waals surface area (Å²) in [6.07, 6.45) is 5.39. The van der Waals surface area contributed by atoms with Crippen molar-refractivity contribution in [2.75, 3.05) is 18.2 Å². The van der Waals surface area contributed by atoms with Crippen LogP contribution < -0.4 is 9.64 Å². The van der Waals surface area contributed by atoms with Gasteiger partial charge >= 0.3 is 0 Å². The topological polar surface area (TPSA) is 50.6 Å². The number of hydrogen-bond acceptors (Lipinski definition) is 6. The molecular formula is C27H24N4OS. The van der Waals surface area contributed by atoms with Crippen molar-refractivity contribution in [2.45, 2.75) is 26.3 Å². The van der Waals surface area contributed by atoms with E-state index < -0.39 is 0 Å². The normalized spacial score (nSPS) is 13.0. The SMILES string of the molecule is C#CCOc1ccc2c(c1)C(c1ccc(C(C)C)cc1)=NCN2Cc1ccc2nsnc2c1. The number of benzene rings is 3. The van der Waals surface area contributed by atoms with Gasteiger partial charge in [0.05, 0.1) is 17.4 Å². The molecule has 0 fully saturated rings. The van der Waals surface area contributed by atoms with Crippen LogP contribution in [0.4, 0.5) is 5.69 Å². The molecule has 0 unspecified atom stereocenters. The Bertz CT molecular complexity index is 1370. The van der Waals surface area contributed by atoms with E-state index in [2.05, 4.69) is 75.9 Å². The van der Waals surface area contributed by atoms with E-state index in [1.165, 1.54) is 22.9 Å². The summed E-state index contributed by atoms with van der Waals surface area (Å²) in [6.45, 7) is 5.95. The molecule has 164 valence electrons. The molecule has 1 aliphatic rings. The first kappa shape index (κ1) is 21.2. The van der Waals surface area contributed by atoms with Crippen LogP contribution in [-0.4, -0.2) is 27.7 Å². The van der Waals surface area contributed by atoms with E-state index >= 15 is 0 Å². The van der Waals surface area contributed by atoms with Crippen molar-refractivity contribution in [2.24, 2.45) is 4.99 Å². The first-order valence-corrected chi connectivity index (χ1v) is 11.7. The standard InChI is InChI=1S/C27H24N4OS/c1-4-13-32-22-10-12-26-23(15-22)27(21-8-6-20(7-9-21)18(2)3)28-17-31(26)16-19-5-11-24-25(14-19)30-33-29-24/h1,5-12,14-15,18H,13,16-17H2,2-3H3. The number of fused-ring (bicyclic) bond motifs is 2. The number of aromatic nitrogens is 2. The van der Waals surface area contributed by atoms with Crippen LogP contribution in [0.15, 0.2) is 65.7 Å². The smallest absolute Gasteiger partial charge is 0.148 e. The lowest BCUT2D eigenvalue weighted by Gasteiger charge is -2.30. The maximum absolute atomic E-state index is 5.73. The third-order valence-corrected chi connectivity index (χ3v) is 6.38. The first-order valence-electron chi connectivity index (χ1n) is 10.9. The Morgan fingerprint density at radius 1 is 1.03 bits per heavy atom. The Morgan fingerprint density at radius 3 is 2.64 bits per heavy atom. The van der Waals surface area contributed by atoms with E-state index in [9.17, 15) is 0 Å². The quantitative estimate of drug-likeness (QED) is 0.355. The molecule has 0 amide bonds. The van der Waals surface area contributed by atoms with Gasteiger partial charge in [0, 0.05) is 23.4 Å². The Kier molecular flexibility index (Phi) is 5.80. The summed E-state index contributed by atoms with van der Waals surface area (Å²) in [6, 6.07) is 21.0. The lowest BCUT2D eigenvalue weighted by molar-refractivity contribution is 0.370. The van der Waals surface area contributed by atoms with Gasteiger partial charge in [-0.2, -0.15) is 8.75 Å². The molecule has 5 rings (SSSR count). The Balaban J connectivity index is 1.51. The van der Waals surface area contributed by atoms with E-state index in [4.69, 9.17) is 16.2 Å². The van der Waals surface area contributed by atoms with Crippen LogP contribution in [0.3, 0.4) is 0 Å². The molecule has 0 aliphatic carbocycles. The van der Waals surface area contributed by atoms with Gasteiger partial charge in [-0.3, -0.25) is 4.99 Å². The van der Waals surface area contributed by atoms with Gasteiger partial charge in [-0.1, -0.05) is 50.1 Å². The third kappa shape index (κ3) is 4.33. The summed E-state index contributed by atoms with van der Waals surface area (Å²) in [7, 11) is 0. The lowest BCUT2D eigenvalue weighted by atomic mass is 9.95. The van der Waals surface area contributed by atoms with E-state index in [0.29, 0.717) is 12.6 Å². The minimum Gasteiger partial charge on any atom is -0.481 e. The van der Waals surface area contributed by atoms with Crippen molar-refractivity contribution in [3.05, 3.63) is 82.9 Å². The van der Waals surface area contributed by atoms with Crippen molar-refractivity contribution in [1.29, 1.82) is 0 Å². The van der Waals surface area contributed by atoms with Crippen LogP contribution in [0.2, 0.25) is 0 Å². The highest BCUT2D eigenvalue weighted by Gasteiger charge is 2.22. The number of hydrogen-bond donors (Lipinski definition) is 0. The summed E-state index contributed by atoms with van der Waals surface area (Å²) in [5, 5.41) is 0. The number of terminal acetylenes is 1. The van der Waals surface area contributed by atoms with Gasteiger partial charge in [0.2, 0.25) is 0 Å². The number of ether oxygens (including phenoxy) is 1. The fourth-order valence-corrected chi connectivity index (χ4v) is 4.58. The molecule has 33 heavy (non-hydrogen) atoms. The Labute approximate surface area is 198 Å². The molecule has 1 aliphatic heterocycles. The van der Waals surface area contributed by atoms with Crippen LogP contribution in [0.1, 0.15) is 42.0 Å². The summed E-state index contributed by atoms with van der Waals surface area (Å²) < 4.78 is 14.4. The molecule has 0 radical (unpaired) electrons. The molecule has 6 heteroatoms. The molecule has 0 N–H and O–H groups in total. The van der Waals surface area contributed by atoms with Crippen LogP contribution >= 0.6 is 11.7 Å². The Morgan fingerprint density at radius 2 is 1.85 bits per heavy atom. The van der Waals surface area contributed by atoms with Crippen LogP contribution in [0, 0.1) is 12.3 Å². The van der Waals surface area contributed by atoms with Crippen molar-refractivity contribution in [1.82, 2.24) is 8.75 Å². The van der Waals surface area contributed by atoms with Gasteiger partial charge in [0.25, 0.3) is 0 Å². The molecule has 0 bridgehead atoms. The number of nitrogens with zero attached hydrogens (tertiary/aromatic N) is 4. The highest BCUT2D eigenvalue weighted by Crippen LogP contribution is 2.33. The average molecular weight is 453 g/mol. The minimum atomic E-state index is 0.236. The monoisotopic (exact) mass is 452 g/mol. The average Bonchev–Trinajstić information content (AvgIpc) is 3.31. The highest BCUT2D eigenvalue weighted by atomic mass is 32.1. The number of anilines is 1. The molecule has 1 aromatic heterocycles. The zero-order valence-electron chi connectivity index (χ0n) is 18.7. The first-order chi connectivity index (χ1) is 16.1. The molecule has 5 nitrogen and oxygen atoms in total. The van der Waals surface area contributed by atoms with Gasteiger partial charge in [-0.15, -0.1) is 6.42 Å². The Hall–Kier alpha value is -3.69. The maximum atomic E-state index is 5.73. The fraction of sp³-hybridized carbons (Fsp3) is 0.222. The number of rotatable bonds is 6. The maximum Gasteiger partial charge on any atom is 0.148 e. The summed E-state index contributed by atoms with van der Waals surface area (Å²) >= 11 is 1.24. The fourth-order valence-electron chi connectivity index (χ4n) is 4.07. The predicted molar refractivity (Wildman–Crippen MR) is 135 cm³/mol. The van der Waals surface area contributed by atoms with Gasteiger partial charge in [0.1, 0.15) is 30.1 Å².